The van der Waals surface area contributed by atoms with Crippen LogP contribution in [0.15, 0.2) is 143 Å². The van der Waals surface area contributed by atoms with Gasteiger partial charge in [0.15, 0.2) is 6.73 Å². The van der Waals surface area contributed by atoms with Gasteiger partial charge in [0.2, 0.25) is 0 Å². The zero-order valence-electron chi connectivity index (χ0n) is 21.8. The number of nitrogens with zero attached hydrogens (tertiary/aromatic N) is 2. The van der Waals surface area contributed by atoms with Gasteiger partial charge in [-0.1, -0.05) is 97.1 Å². The lowest BCUT2D eigenvalue weighted by Crippen LogP contribution is -2.23. The Balaban J connectivity index is 1.37. The lowest BCUT2D eigenvalue weighted by molar-refractivity contribution is 0.328. The van der Waals surface area contributed by atoms with Gasteiger partial charge in [0.05, 0.1) is 5.69 Å². The van der Waals surface area contributed by atoms with Gasteiger partial charge < -0.3 is 14.1 Å². The van der Waals surface area contributed by atoms with E-state index >= 15 is 0 Å². The molecule has 0 saturated heterocycles. The van der Waals surface area contributed by atoms with Gasteiger partial charge in [0.1, 0.15) is 22.6 Å². The number of benzene rings is 6. The highest BCUT2D eigenvalue weighted by molar-refractivity contribution is 6.06. The molecule has 0 bridgehead atoms. The minimum absolute atomic E-state index is 0.270. The predicted molar refractivity (Wildman–Crippen MR) is 166 cm³/mol. The van der Waals surface area contributed by atoms with Gasteiger partial charge in [-0.05, 0) is 54.1 Å². The Hall–Kier alpha value is -5.35. The summed E-state index contributed by atoms with van der Waals surface area (Å²) < 4.78 is 12.7. The van der Waals surface area contributed by atoms with Crippen LogP contribution in [0, 0.1) is 0 Å². The maximum atomic E-state index is 6.55. The normalized spacial score (nSPS) is 11.2. The van der Waals surface area contributed by atoms with Crippen LogP contribution in [-0.2, 0) is 0 Å². The second-order valence-electron chi connectivity index (χ2n) is 9.65. The fourth-order valence-corrected chi connectivity index (χ4v) is 5.38. The summed E-state index contributed by atoms with van der Waals surface area (Å²) in [7, 11) is 0. The number of fused-ring (bicyclic) bond motifs is 4. The molecule has 6 aromatic carbocycles. The number of anilines is 2. The van der Waals surface area contributed by atoms with Crippen LogP contribution in [0.25, 0.3) is 43.8 Å². The third-order valence-corrected chi connectivity index (χ3v) is 7.32. The molecule has 0 saturated carbocycles. The van der Waals surface area contributed by atoms with Crippen LogP contribution in [0.5, 0.6) is 5.75 Å². The lowest BCUT2D eigenvalue weighted by atomic mass is 10.0. The zero-order valence-corrected chi connectivity index (χ0v) is 21.8. The number of ether oxygens (including phenoxy) is 1. The van der Waals surface area contributed by atoms with Gasteiger partial charge in [-0.15, -0.1) is 0 Å². The molecule has 0 N–H and O–H groups in total. The summed E-state index contributed by atoms with van der Waals surface area (Å²) in [6.45, 7) is 4.11. The molecule has 0 spiro atoms. The Bertz CT molecular complexity index is 1990. The Kier molecular flexibility index (Phi) is 5.98. The molecule has 0 fully saturated rings. The molecule has 0 aliphatic carbocycles. The van der Waals surface area contributed by atoms with Crippen molar-refractivity contribution in [2.24, 2.45) is 4.99 Å². The molecule has 40 heavy (non-hydrogen) atoms. The number of furan rings is 1. The van der Waals surface area contributed by atoms with E-state index in [0.29, 0.717) is 5.75 Å². The second kappa shape index (κ2) is 10.1. The second-order valence-corrected chi connectivity index (χ2v) is 9.65. The smallest absolute Gasteiger partial charge is 0.165 e. The molecule has 0 radical (unpaired) electrons. The first-order valence-electron chi connectivity index (χ1n) is 13.2. The van der Waals surface area contributed by atoms with E-state index in [1.165, 1.54) is 0 Å². The molecule has 0 aliphatic heterocycles. The molecule has 4 nitrogen and oxygen atoms in total. The molecule has 0 unspecified atom stereocenters. The first-order valence-corrected chi connectivity index (χ1v) is 13.2. The van der Waals surface area contributed by atoms with Gasteiger partial charge in [0, 0.05) is 27.4 Å². The highest BCUT2D eigenvalue weighted by Gasteiger charge is 2.18. The van der Waals surface area contributed by atoms with Crippen LogP contribution < -0.4 is 9.64 Å². The van der Waals surface area contributed by atoms with Gasteiger partial charge in [0.25, 0.3) is 0 Å². The average molecular weight is 519 g/mol. The fourth-order valence-electron chi connectivity index (χ4n) is 5.38. The summed E-state index contributed by atoms with van der Waals surface area (Å²) in [5.74, 6) is 0.686. The summed E-state index contributed by atoms with van der Waals surface area (Å²) in [5.41, 5.74) is 6.76. The van der Waals surface area contributed by atoms with Crippen molar-refractivity contribution in [3.8, 4) is 16.9 Å². The summed E-state index contributed by atoms with van der Waals surface area (Å²) in [5, 5.41) is 4.26. The summed E-state index contributed by atoms with van der Waals surface area (Å²) in [6.07, 6.45) is 0. The van der Waals surface area contributed by atoms with Crippen molar-refractivity contribution < 1.29 is 9.15 Å². The van der Waals surface area contributed by atoms with Gasteiger partial charge in [-0.2, -0.15) is 0 Å². The van der Waals surface area contributed by atoms with E-state index in [2.05, 4.69) is 95.5 Å². The van der Waals surface area contributed by atoms with E-state index in [9.17, 15) is 0 Å². The maximum Gasteiger partial charge on any atom is 0.165 e. The number of rotatable bonds is 7. The van der Waals surface area contributed by atoms with Crippen molar-refractivity contribution in [1.29, 1.82) is 0 Å². The molecule has 1 heterocycles. The third kappa shape index (κ3) is 4.16. The van der Waals surface area contributed by atoms with Crippen LogP contribution in [0.3, 0.4) is 0 Å². The van der Waals surface area contributed by atoms with Crippen molar-refractivity contribution in [1.82, 2.24) is 0 Å². The molecule has 7 aromatic rings. The van der Waals surface area contributed by atoms with Crippen molar-refractivity contribution in [2.45, 2.75) is 0 Å². The molecular formula is C36H26N2O2. The number of hydrogen-bond donors (Lipinski definition) is 0. The zero-order chi connectivity index (χ0) is 26.9. The Morgan fingerprint density at radius 1 is 0.650 bits per heavy atom. The van der Waals surface area contributed by atoms with Crippen molar-refractivity contribution in [2.75, 3.05) is 11.6 Å². The molecule has 4 heteroatoms. The summed E-state index contributed by atoms with van der Waals surface area (Å²) in [4.78, 5) is 6.55. The van der Waals surface area contributed by atoms with Gasteiger partial charge >= 0.3 is 0 Å². The average Bonchev–Trinajstić information content (AvgIpc) is 3.40. The first kappa shape index (κ1) is 23.7. The van der Waals surface area contributed by atoms with Crippen LogP contribution >= 0.6 is 0 Å². The number of aliphatic imine (C=N–C) groups is 1. The van der Waals surface area contributed by atoms with E-state index in [-0.39, 0.29) is 6.73 Å². The highest BCUT2D eigenvalue weighted by atomic mass is 16.5. The molecule has 0 amide bonds. The van der Waals surface area contributed by atoms with E-state index < -0.39 is 0 Å². The Morgan fingerprint density at radius 3 is 2.25 bits per heavy atom. The minimum atomic E-state index is 0.270. The molecule has 0 aliphatic rings. The van der Waals surface area contributed by atoms with Crippen LogP contribution in [0.1, 0.15) is 0 Å². The molecule has 1 aromatic heterocycles. The third-order valence-electron chi connectivity index (χ3n) is 7.32. The minimum Gasteiger partial charge on any atom is -0.470 e. The van der Waals surface area contributed by atoms with E-state index in [0.717, 1.165) is 60.9 Å². The highest BCUT2D eigenvalue weighted by Crippen LogP contribution is 2.40. The topological polar surface area (TPSA) is 38.0 Å². The maximum absolute atomic E-state index is 6.55. The summed E-state index contributed by atoms with van der Waals surface area (Å²) >= 11 is 0. The number of hydrogen-bond acceptors (Lipinski definition) is 4. The van der Waals surface area contributed by atoms with Crippen molar-refractivity contribution in [3.63, 3.8) is 0 Å². The van der Waals surface area contributed by atoms with Crippen LogP contribution in [0.2, 0.25) is 0 Å². The fraction of sp³-hybridized carbons (Fsp3) is 0.0278. The van der Waals surface area contributed by atoms with E-state index in [1.807, 2.05) is 54.6 Å². The van der Waals surface area contributed by atoms with Crippen LogP contribution in [-0.4, -0.2) is 13.4 Å². The lowest BCUT2D eigenvalue weighted by Gasteiger charge is -2.28. The van der Waals surface area contributed by atoms with Crippen LogP contribution in [0.4, 0.5) is 17.1 Å². The standard InChI is InChI=1S/C36H26N2O2/c1-37-36-29-15-6-5-13-26(29)19-21-35(36)39-24-38(32-17-9-7-14-28(32)25-11-3-2-4-12-25)27-20-22-34-31(23-27)30-16-8-10-18-33(30)40-34/h2-23H,1,24H2. The molecule has 7 rings (SSSR count). The Labute approximate surface area is 232 Å². The quantitative estimate of drug-likeness (QED) is 0.156. The van der Waals surface area contributed by atoms with E-state index in [4.69, 9.17) is 9.15 Å². The van der Waals surface area contributed by atoms with Crippen molar-refractivity contribution >= 4 is 56.5 Å². The number of para-hydroxylation sites is 2. The summed E-state index contributed by atoms with van der Waals surface area (Å²) in [6, 6.07) is 45.5. The molecule has 0 atom stereocenters. The van der Waals surface area contributed by atoms with Gasteiger partial charge in [-0.3, -0.25) is 4.99 Å². The monoisotopic (exact) mass is 518 g/mol. The van der Waals surface area contributed by atoms with E-state index in [1.54, 1.807) is 0 Å². The first-order chi connectivity index (χ1) is 19.8. The Morgan fingerprint density at radius 2 is 1.38 bits per heavy atom. The SMILES string of the molecule is C=Nc1c(OCN(c2ccc3oc4ccccc4c3c2)c2ccccc2-c2ccccc2)ccc2ccccc12. The van der Waals surface area contributed by atoms with Gasteiger partial charge in [-0.25, -0.2) is 0 Å². The molecule has 192 valence electrons. The largest absolute Gasteiger partial charge is 0.470 e. The van der Waals surface area contributed by atoms with Crippen molar-refractivity contribution in [3.05, 3.63) is 133 Å². The molecular weight excluding hydrogens is 492 g/mol. The predicted octanol–water partition coefficient (Wildman–Crippen LogP) is 9.91.